The Kier molecular flexibility index (Phi) is 5.81. The van der Waals surface area contributed by atoms with Crippen LogP contribution in [0.15, 0.2) is 38.6 Å². The van der Waals surface area contributed by atoms with Crippen molar-refractivity contribution in [1.29, 1.82) is 0 Å². The molecule has 1 amide bonds. The minimum atomic E-state index is -4.68. The molecular formula is C20H18F3N7O4. The van der Waals surface area contributed by atoms with Gasteiger partial charge in [-0.1, -0.05) is 12.1 Å². The Morgan fingerprint density at radius 3 is 2.65 bits per heavy atom. The predicted octanol–water partition coefficient (Wildman–Crippen LogP) is 1.85. The van der Waals surface area contributed by atoms with Crippen LogP contribution in [-0.2, 0) is 30.5 Å². The quantitative estimate of drug-likeness (QED) is 0.432. The maximum atomic E-state index is 13.1. The van der Waals surface area contributed by atoms with Gasteiger partial charge in [0.15, 0.2) is 11.2 Å². The van der Waals surface area contributed by atoms with Gasteiger partial charge >= 0.3 is 11.9 Å². The number of carbonyl (C=O) groups excluding carboxylic acids is 1. The van der Waals surface area contributed by atoms with Crippen molar-refractivity contribution in [3.8, 4) is 0 Å². The standard InChI is InChI=1S/C20H18F3N7O4/c1-3-11-5-13(20(21,22)23)25-14(6-11)26-15(31)8-29-9-24-17-16(29)18(32)30(19(33)27-17)7-12-4-10(2)34-28-12/h4-6,9H,3,7-8H2,1-2H3,(H,27,33)(H,25,26,31). The van der Waals surface area contributed by atoms with Crippen LogP contribution in [0.4, 0.5) is 19.0 Å². The first-order valence-corrected chi connectivity index (χ1v) is 10.0. The highest BCUT2D eigenvalue weighted by molar-refractivity contribution is 5.90. The number of rotatable bonds is 6. The zero-order chi connectivity index (χ0) is 24.6. The van der Waals surface area contributed by atoms with Gasteiger partial charge in [0.05, 0.1) is 12.9 Å². The Bertz CT molecular complexity index is 1500. The summed E-state index contributed by atoms with van der Waals surface area (Å²) in [6.07, 6.45) is -3.20. The minimum Gasteiger partial charge on any atom is -0.361 e. The molecule has 0 unspecified atom stereocenters. The largest absolute Gasteiger partial charge is 0.433 e. The third kappa shape index (κ3) is 4.60. The molecule has 0 bridgehead atoms. The van der Waals surface area contributed by atoms with Crippen LogP contribution in [0.1, 0.15) is 29.6 Å². The second kappa shape index (κ2) is 8.61. The molecule has 4 heterocycles. The number of halogens is 3. The number of aromatic amines is 1. The zero-order valence-electron chi connectivity index (χ0n) is 17.9. The lowest BCUT2D eigenvalue weighted by atomic mass is 10.1. The highest BCUT2D eigenvalue weighted by Gasteiger charge is 2.33. The minimum absolute atomic E-state index is 0.0409. The maximum Gasteiger partial charge on any atom is 0.433 e. The molecule has 0 saturated carbocycles. The van der Waals surface area contributed by atoms with Gasteiger partial charge < -0.3 is 14.4 Å². The maximum absolute atomic E-state index is 13.1. The fourth-order valence-corrected chi connectivity index (χ4v) is 3.34. The van der Waals surface area contributed by atoms with E-state index in [1.807, 2.05) is 0 Å². The fraction of sp³-hybridized carbons (Fsp3) is 0.300. The molecule has 0 aliphatic rings. The summed E-state index contributed by atoms with van der Waals surface area (Å²) in [5, 5.41) is 6.07. The summed E-state index contributed by atoms with van der Waals surface area (Å²) in [6, 6.07) is 3.81. The Morgan fingerprint density at radius 1 is 1.24 bits per heavy atom. The van der Waals surface area contributed by atoms with Gasteiger partial charge in [0.2, 0.25) is 5.91 Å². The molecule has 14 heteroatoms. The average molecular weight is 477 g/mol. The van der Waals surface area contributed by atoms with Crippen LogP contribution in [0.3, 0.4) is 0 Å². The van der Waals surface area contributed by atoms with E-state index in [0.717, 1.165) is 10.6 Å². The number of pyridine rings is 1. The van der Waals surface area contributed by atoms with Gasteiger partial charge in [-0.05, 0) is 31.0 Å². The van der Waals surface area contributed by atoms with Crippen molar-refractivity contribution in [2.45, 2.75) is 39.5 Å². The Balaban J connectivity index is 1.63. The van der Waals surface area contributed by atoms with E-state index < -0.39 is 35.6 Å². The Labute approximate surface area is 188 Å². The Hall–Kier alpha value is -4.23. The summed E-state index contributed by atoms with van der Waals surface area (Å²) < 4.78 is 46.3. The molecule has 0 radical (unpaired) electrons. The molecule has 2 N–H and O–H groups in total. The van der Waals surface area contributed by atoms with Crippen LogP contribution in [0.5, 0.6) is 0 Å². The van der Waals surface area contributed by atoms with Crippen molar-refractivity contribution in [3.63, 3.8) is 0 Å². The van der Waals surface area contributed by atoms with Crippen molar-refractivity contribution in [1.82, 2.24) is 29.2 Å². The third-order valence-corrected chi connectivity index (χ3v) is 4.92. The van der Waals surface area contributed by atoms with Crippen molar-refractivity contribution in [2.75, 3.05) is 5.32 Å². The summed E-state index contributed by atoms with van der Waals surface area (Å²) >= 11 is 0. The highest BCUT2D eigenvalue weighted by Crippen LogP contribution is 2.29. The van der Waals surface area contributed by atoms with E-state index in [2.05, 4.69) is 25.4 Å². The number of nitrogens with one attached hydrogen (secondary N) is 2. The van der Waals surface area contributed by atoms with Crippen LogP contribution in [0.25, 0.3) is 11.2 Å². The van der Waals surface area contributed by atoms with E-state index in [4.69, 9.17) is 4.52 Å². The van der Waals surface area contributed by atoms with Crippen LogP contribution in [0, 0.1) is 6.92 Å². The molecule has 0 spiro atoms. The lowest BCUT2D eigenvalue weighted by Gasteiger charge is -2.12. The molecule has 178 valence electrons. The molecular weight excluding hydrogens is 459 g/mol. The lowest BCUT2D eigenvalue weighted by molar-refractivity contribution is -0.141. The van der Waals surface area contributed by atoms with Crippen molar-refractivity contribution in [2.24, 2.45) is 0 Å². The molecule has 0 aliphatic carbocycles. The summed E-state index contributed by atoms with van der Waals surface area (Å²) in [7, 11) is 0. The van der Waals surface area contributed by atoms with Gasteiger partial charge in [0.1, 0.15) is 29.5 Å². The summed E-state index contributed by atoms with van der Waals surface area (Å²) in [4.78, 5) is 47.7. The topological polar surface area (TPSA) is 141 Å². The van der Waals surface area contributed by atoms with Crippen molar-refractivity contribution < 1.29 is 22.5 Å². The molecule has 0 atom stereocenters. The van der Waals surface area contributed by atoms with Gasteiger partial charge in [0.25, 0.3) is 5.56 Å². The van der Waals surface area contributed by atoms with Gasteiger partial charge in [-0.15, -0.1) is 0 Å². The number of H-pyrrole nitrogens is 1. The molecule has 11 nitrogen and oxygen atoms in total. The number of hydrogen-bond donors (Lipinski definition) is 2. The molecule has 4 aromatic heterocycles. The summed E-state index contributed by atoms with van der Waals surface area (Å²) in [5.74, 6) is -0.512. The van der Waals surface area contributed by atoms with Gasteiger partial charge in [0, 0.05) is 6.07 Å². The average Bonchev–Trinajstić information content (AvgIpc) is 3.35. The van der Waals surface area contributed by atoms with E-state index in [1.165, 1.54) is 17.0 Å². The number of nitrogens with zero attached hydrogens (tertiary/aromatic N) is 5. The van der Waals surface area contributed by atoms with Crippen LogP contribution >= 0.6 is 0 Å². The smallest absolute Gasteiger partial charge is 0.361 e. The number of hydrogen-bond acceptors (Lipinski definition) is 7. The lowest BCUT2D eigenvalue weighted by Crippen LogP contribution is -2.36. The molecule has 4 rings (SSSR count). The highest BCUT2D eigenvalue weighted by atomic mass is 19.4. The van der Waals surface area contributed by atoms with Crippen LogP contribution in [0.2, 0.25) is 0 Å². The molecule has 0 aromatic carbocycles. The monoisotopic (exact) mass is 477 g/mol. The SMILES string of the molecule is CCc1cc(NC(=O)Cn2cnc3[nH]c(=O)n(Cc4cc(C)on4)c(=O)c32)nc(C(F)(F)F)c1. The summed E-state index contributed by atoms with van der Waals surface area (Å²) in [6.45, 7) is 2.70. The van der Waals surface area contributed by atoms with Crippen molar-refractivity contribution in [3.05, 3.63) is 68.1 Å². The second-order valence-electron chi connectivity index (χ2n) is 7.47. The molecule has 4 aromatic rings. The number of carbonyl (C=O) groups is 1. The number of aromatic nitrogens is 6. The van der Waals surface area contributed by atoms with Crippen LogP contribution < -0.4 is 16.6 Å². The number of fused-ring (bicyclic) bond motifs is 1. The number of aryl methyl sites for hydroxylation is 2. The molecule has 0 fully saturated rings. The molecule has 0 saturated heterocycles. The first kappa shape index (κ1) is 22.9. The first-order valence-electron chi connectivity index (χ1n) is 10.0. The van der Waals surface area contributed by atoms with E-state index in [1.54, 1.807) is 19.9 Å². The van der Waals surface area contributed by atoms with Gasteiger partial charge in [-0.2, -0.15) is 13.2 Å². The van der Waals surface area contributed by atoms with Gasteiger partial charge in [-0.25, -0.2) is 14.8 Å². The molecule has 34 heavy (non-hydrogen) atoms. The normalized spacial score (nSPS) is 11.8. The van der Waals surface area contributed by atoms with E-state index in [9.17, 15) is 27.6 Å². The van der Waals surface area contributed by atoms with E-state index in [0.29, 0.717) is 23.4 Å². The second-order valence-corrected chi connectivity index (χ2v) is 7.47. The van der Waals surface area contributed by atoms with E-state index in [-0.39, 0.29) is 23.5 Å². The summed E-state index contributed by atoms with van der Waals surface area (Å²) in [5.41, 5.74) is -2.01. The predicted molar refractivity (Wildman–Crippen MR) is 112 cm³/mol. The number of alkyl halides is 3. The first-order chi connectivity index (χ1) is 16.0. The van der Waals surface area contributed by atoms with E-state index >= 15 is 0 Å². The Morgan fingerprint density at radius 2 is 2.00 bits per heavy atom. The van der Waals surface area contributed by atoms with Gasteiger partial charge in [-0.3, -0.25) is 19.1 Å². The zero-order valence-corrected chi connectivity index (χ0v) is 17.9. The molecule has 0 aliphatic heterocycles. The number of amides is 1. The fourth-order valence-electron chi connectivity index (χ4n) is 3.34. The van der Waals surface area contributed by atoms with Crippen molar-refractivity contribution >= 4 is 22.9 Å². The third-order valence-electron chi connectivity index (χ3n) is 4.92. The number of anilines is 1. The van der Waals surface area contributed by atoms with Crippen LogP contribution in [-0.4, -0.2) is 35.1 Å². The number of imidazole rings is 1.